The van der Waals surface area contributed by atoms with Crippen LogP contribution in [0, 0.1) is 13.8 Å². The third-order valence-electron chi connectivity index (χ3n) is 4.19. The van der Waals surface area contributed by atoms with Gasteiger partial charge >= 0.3 is 6.03 Å². The molecule has 128 valence electrons. The zero-order valence-corrected chi connectivity index (χ0v) is 14.5. The molecule has 2 aromatic carbocycles. The van der Waals surface area contributed by atoms with Crippen molar-refractivity contribution in [1.29, 1.82) is 0 Å². The van der Waals surface area contributed by atoms with Gasteiger partial charge in [0.25, 0.3) is 0 Å². The maximum absolute atomic E-state index is 12.8. The Kier molecular flexibility index (Phi) is 5.19. The van der Waals surface area contributed by atoms with Gasteiger partial charge in [-0.2, -0.15) is 0 Å². The molecule has 25 heavy (non-hydrogen) atoms. The fourth-order valence-corrected chi connectivity index (χ4v) is 2.62. The van der Waals surface area contributed by atoms with Crippen molar-refractivity contribution in [3.05, 3.63) is 89.4 Å². The minimum atomic E-state index is -0.150. The monoisotopic (exact) mass is 334 g/mol. The van der Waals surface area contributed by atoms with E-state index in [0.717, 1.165) is 22.6 Å². The lowest BCUT2D eigenvalue weighted by Crippen LogP contribution is -2.34. The first-order valence-electron chi connectivity index (χ1n) is 8.31. The molecular formula is C21H22N2O2. The quantitative estimate of drug-likeness (QED) is 0.703. The van der Waals surface area contributed by atoms with Crippen molar-refractivity contribution in [2.24, 2.45) is 0 Å². The van der Waals surface area contributed by atoms with Gasteiger partial charge in [-0.3, -0.25) is 0 Å². The summed E-state index contributed by atoms with van der Waals surface area (Å²) in [6.45, 7) is 5.02. The van der Waals surface area contributed by atoms with Crippen molar-refractivity contribution in [3.63, 3.8) is 0 Å². The SMILES string of the molecule is Cc1ccc(NC(=O)N(Cc2ccccc2)Cc2ccco2)cc1C. The van der Waals surface area contributed by atoms with Gasteiger partial charge in [0.1, 0.15) is 5.76 Å². The molecule has 0 radical (unpaired) electrons. The van der Waals surface area contributed by atoms with Crippen molar-refractivity contribution in [1.82, 2.24) is 4.90 Å². The second kappa shape index (κ2) is 7.71. The predicted molar refractivity (Wildman–Crippen MR) is 99.3 cm³/mol. The highest BCUT2D eigenvalue weighted by Gasteiger charge is 2.16. The van der Waals surface area contributed by atoms with Gasteiger partial charge in [-0.1, -0.05) is 36.4 Å². The van der Waals surface area contributed by atoms with Gasteiger partial charge in [0.05, 0.1) is 12.8 Å². The first kappa shape index (κ1) is 16.8. The average Bonchev–Trinajstić information content (AvgIpc) is 3.12. The van der Waals surface area contributed by atoms with E-state index in [0.29, 0.717) is 13.1 Å². The van der Waals surface area contributed by atoms with Crippen molar-refractivity contribution >= 4 is 11.7 Å². The van der Waals surface area contributed by atoms with E-state index in [1.807, 2.05) is 67.6 Å². The molecule has 4 heteroatoms. The van der Waals surface area contributed by atoms with Crippen molar-refractivity contribution in [2.45, 2.75) is 26.9 Å². The number of furan rings is 1. The van der Waals surface area contributed by atoms with E-state index in [4.69, 9.17) is 4.42 Å². The lowest BCUT2D eigenvalue weighted by Gasteiger charge is -2.22. The summed E-state index contributed by atoms with van der Waals surface area (Å²) >= 11 is 0. The number of nitrogens with one attached hydrogen (secondary N) is 1. The molecule has 0 saturated heterocycles. The number of amides is 2. The average molecular weight is 334 g/mol. The van der Waals surface area contributed by atoms with Crippen molar-refractivity contribution in [3.8, 4) is 0 Å². The number of carbonyl (C=O) groups is 1. The topological polar surface area (TPSA) is 45.5 Å². The highest BCUT2D eigenvalue weighted by atomic mass is 16.3. The molecule has 3 rings (SSSR count). The van der Waals surface area contributed by atoms with E-state index >= 15 is 0 Å². The van der Waals surface area contributed by atoms with Gasteiger partial charge < -0.3 is 14.6 Å². The summed E-state index contributed by atoms with van der Waals surface area (Å²) in [5, 5.41) is 2.99. The van der Waals surface area contributed by atoms with E-state index in [-0.39, 0.29) is 6.03 Å². The molecule has 0 atom stereocenters. The summed E-state index contributed by atoms with van der Waals surface area (Å²) in [6, 6.07) is 19.4. The Morgan fingerprint density at radius 3 is 2.44 bits per heavy atom. The molecule has 3 aromatic rings. The van der Waals surface area contributed by atoms with E-state index in [2.05, 4.69) is 12.2 Å². The fraction of sp³-hybridized carbons (Fsp3) is 0.190. The molecular weight excluding hydrogens is 312 g/mol. The molecule has 0 fully saturated rings. The molecule has 0 saturated carbocycles. The van der Waals surface area contributed by atoms with Crippen LogP contribution in [0.25, 0.3) is 0 Å². The standard InChI is InChI=1S/C21H22N2O2/c1-16-10-11-19(13-17(16)2)22-21(24)23(15-20-9-6-12-25-20)14-18-7-4-3-5-8-18/h3-13H,14-15H2,1-2H3,(H,22,24). The lowest BCUT2D eigenvalue weighted by atomic mass is 10.1. The van der Waals surface area contributed by atoms with Gasteiger partial charge in [0.15, 0.2) is 0 Å². The Morgan fingerprint density at radius 2 is 1.76 bits per heavy atom. The van der Waals surface area contributed by atoms with Crippen molar-refractivity contribution < 1.29 is 9.21 Å². The molecule has 0 unspecified atom stereocenters. The van der Waals surface area contributed by atoms with Gasteiger partial charge in [-0.15, -0.1) is 0 Å². The van der Waals surface area contributed by atoms with Crippen LogP contribution in [-0.2, 0) is 13.1 Å². The van der Waals surface area contributed by atoms with Crippen LogP contribution in [0.1, 0.15) is 22.5 Å². The van der Waals surface area contributed by atoms with Crippen LogP contribution in [0.5, 0.6) is 0 Å². The maximum atomic E-state index is 12.8. The second-order valence-electron chi connectivity index (χ2n) is 6.15. The zero-order chi connectivity index (χ0) is 17.6. The summed E-state index contributed by atoms with van der Waals surface area (Å²) in [5.41, 5.74) is 4.23. The molecule has 0 spiro atoms. The highest BCUT2D eigenvalue weighted by Crippen LogP contribution is 2.17. The smallest absolute Gasteiger partial charge is 0.322 e. The first-order valence-corrected chi connectivity index (χ1v) is 8.31. The lowest BCUT2D eigenvalue weighted by molar-refractivity contribution is 0.201. The Balaban J connectivity index is 1.77. The zero-order valence-electron chi connectivity index (χ0n) is 14.5. The third kappa shape index (κ3) is 4.51. The summed E-state index contributed by atoms with van der Waals surface area (Å²) < 4.78 is 5.42. The Morgan fingerprint density at radius 1 is 0.960 bits per heavy atom. The largest absolute Gasteiger partial charge is 0.467 e. The van der Waals surface area contributed by atoms with Crippen LogP contribution in [0.2, 0.25) is 0 Å². The molecule has 4 nitrogen and oxygen atoms in total. The van der Waals surface area contributed by atoms with Crippen LogP contribution in [0.3, 0.4) is 0 Å². The van der Waals surface area contributed by atoms with E-state index < -0.39 is 0 Å². The number of anilines is 1. The van der Waals surface area contributed by atoms with Crippen LogP contribution in [-0.4, -0.2) is 10.9 Å². The Hall–Kier alpha value is -3.01. The number of carbonyl (C=O) groups excluding carboxylic acids is 1. The molecule has 0 aliphatic rings. The van der Waals surface area contributed by atoms with Crippen LogP contribution < -0.4 is 5.32 Å². The van der Waals surface area contributed by atoms with E-state index in [1.54, 1.807) is 11.2 Å². The minimum Gasteiger partial charge on any atom is -0.467 e. The summed E-state index contributed by atoms with van der Waals surface area (Å²) in [5.74, 6) is 0.756. The molecule has 0 aliphatic heterocycles. The minimum absolute atomic E-state index is 0.150. The third-order valence-corrected chi connectivity index (χ3v) is 4.19. The first-order chi connectivity index (χ1) is 12.1. The number of nitrogens with zero attached hydrogens (tertiary/aromatic N) is 1. The number of urea groups is 1. The summed E-state index contributed by atoms with van der Waals surface area (Å²) in [7, 11) is 0. The molecule has 1 aromatic heterocycles. The van der Waals surface area contributed by atoms with Crippen molar-refractivity contribution in [2.75, 3.05) is 5.32 Å². The Labute approximate surface area is 148 Å². The van der Waals surface area contributed by atoms with Gasteiger partial charge in [0.2, 0.25) is 0 Å². The predicted octanol–water partition coefficient (Wildman–Crippen LogP) is 5.13. The van der Waals surface area contributed by atoms with E-state index in [1.165, 1.54) is 5.56 Å². The number of benzene rings is 2. The van der Waals surface area contributed by atoms with Gasteiger partial charge in [-0.25, -0.2) is 4.79 Å². The number of hydrogen-bond donors (Lipinski definition) is 1. The molecule has 1 heterocycles. The van der Waals surface area contributed by atoms with Crippen LogP contribution in [0.4, 0.5) is 10.5 Å². The fourth-order valence-electron chi connectivity index (χ4n) is 2.62. The molecule has 0 aliphatic carbocycles. The normalized spacial score (nSPS) is 10.5. The van der Waals surface area contributed by atoms with Crippen LogP contribution >= 0.6 is 0 Å². The van der Waals surface area contributed by atoms with Crippen LogP contribution in [0.15, 0.2) is 71.3 Å². The number of hydrogen-bond acceptors (Lipinski definition) is 2. The maximum Gasteiger partial charge on any atom is 0.322 e. The summed E-state index contributed by atoms with van der Waals surface area (Å²) in [6.07, 6.45) is 1.62. The molecule has 2 amide bonds. The summed E-state index contributed by atoms with van der Waals surface area (Å²) in [4.78, 5) is 14.6. The second-order valence-corrected chi connectivity index (χ2v) is 6.15. The molecule has 0 bridgehead atoms. The Bertz CT molecular complexity index is 826. The van der Waals surface area contributed by atoms with Gasteiger partial charge in [-0.05, 0) is 54.8 Å². The number of rotatable bonds is 5. The number of aryl methyl sites for hydroxylation is 2. The highest BCUT2D eigenvalue weighted by molar-refractivity contribution is 5.89. The van der Waals surface area contributed by atoms with E-state index in [9.17, 15) is 4.79 Å². The molecule has 1 N–H and O–H groups in total. The van der Waals surface area contributed by atoms with Gasteiger partial charge in [0, 0.05) is 12.2 Å².